The van der Waals surface area contributed by atoms with Gasteiger partial charge < -0.3 is 29.8 Å². The molecule has 2 aromatic carbocycles. The number of carbonyl (C=O) groups excluding carboxylic acids is 1. The average Bonchev–Trinajstić information content (AvgIpc) is 3.35. The molecule has 0 saturated heterocycles. The molecule has 1 unspecified atom stereocenters. The van der Waals surface area contributed by atoms with Crippen LogP contribution in [0.3, 0.4) is 0 Å². The Balaban J connectivity index is 1.48. The lowest BCUT2D eigenvalue weighted by atomic mass is 10.2. The number of rotatable bonds is 9. The molecule has 0 fully saturated rings. The van der Waals surface area contributed by atoms with Crippen molar-refractivity contribution in [2.75, 3.05) is 26.0 Å². The number of hydrogen-bond donors (Lipinski definition) is 3. The first-order valence-electron chi connectivity index (χ1n) is 10.3. The predicted octanol–water partition coefficient (Wildman–Crippen LogP) is 3.67. The van der Waals surface area contributed by atoms with Crippen LogP contribution >= 0.6 is 0 Å². The molecule has 3 aromatic rings. The second-order valence-corrected chi connectivity index (χ2v) is 7.02. The van der Waals surface area contributed by atoms with Gasteiger partial charge in [0.25, 0.3) is 5.91 Å². The van der Waals surface area contributed by atoms with Gasteiger partial charge in [-0.3, -0.25) is 9.79 Å². The van der Waals surface area contributed by atoms with E-state index in [0.29, 0.717) is 36.2 Å². The van der Waals surface area contributed by atoms with E-state index < -0.39 is 0 Å². The topological polar surface area (TPSA) is 97.1 Å². The standard InChI is InChI=1S/C24H28N4O4/c1-17(32-21-11-5-4-10-20(21)30-3)15-26-24(25-2)27-16-18-8-6-9-19(14-18)28-23(29)22-12-7-13-31-22/h4-14,17H,15-16H2,1-3H3,(H,28,29)(H2,25,26,27). The number of nitrogens with one attached hydrogen (secondary N) is 3. The summed E-state index contributed by atoms with van der Waals surface area (Å²) in [6, 6.07) is 18.4. The predicted molar refractivity (Wildman–Crippen MR) is 124 cm³/mol. The summed E-state index contributed by atoms with van der Waals surface area (Å²) in [6.45, 7) is 3.06. The quantitative estimate of drug-likeness (QED) is 0.350. The van der Waals surface area contributed by atoms with Crippen LogP contribution in [-0.2, 0) is 6.54 Å². The van der Waals surface area contributed by atoms with Crippen molar-refractivity contribution >= 4 is 17.6 Å². The minimum Gasteiger partial charge on any atom is -0.493 e. The minimum absolute atomic E-state index is 0.106. The zero-order chi connectivity index (χ0) is 22.8. The highest BCUT2D eigenvalue weighted by atomic mass is 16.5. The molecule has 1 aromatic heterocycles. The highest BCUT2D eigenvalue weighted by Gasteiger charge is 2.11. The van der Waals surface area contributed by atoms with Crippen molar-refractivity contribution in [2.45, 2.75) is 19.6 Å². The van der Waals surface area contributed by atoms with Crippen LogP contribution in [0.4, 0.5) is 5.69 Å². The number of anilines is 1. The Hall–Kier alpha value is -3.94. The van der Waals surface area contributed by atoms with Crippen molar-refractivity contribution < 1.29 is 18.7 Å². The van der Waals surface area contributed by atoms with Crippen molar-refractivity contribution in [1.82, 2.24) is 10.6 Å². The van der Waals surface area contributed by atoms with Gasteiger partial charge in [-0.15, -0.1) is 0 Å². The number of ether oxygens (including phenoxy) is 2. The molecule has 0 aliphatic heterocycles. The van der Waals surface area contributed by atoms with Crippen LogP contribution in [0, 0.1) is 0 Å². The molecule has 168 valence electrons. The molecule has 0 saturated carbocycles. The number of furan rings is 1. The number of methoxy groups -OCH3 is 1. The normalized spacial score (nSPS) is 12.0. The van der Waals surface area contributed by atoms with Crippen LogP contribution in [0.25, 0.3) is 0 Å². The van der Waals surface area contributed by atoms with Crippen LogP contribution in [0.1, 0.15) is 23.0 Å². The number of nitrogens with zero attached hydrogens (tertiary/aromatic N) is 1. The fourth-order valence-electron chi connectivity index (χ4n) is 2.98. The van der Waals surface area contributed by atoms with Gasteiger partial charge in [-0.25, -0.2) is 0 Å². The lowest BCUT2D eigenvalue weighted by molar-refractivity contribution is 0.0996. The van der Waals surface area contributed by atoms with Crippen LogP contribution < -0.4 is 25.4 Å². The van der Waals surface area contributed by atoms with Gasteiger partial charge in [-0.1, -0.05) is 24.3 Å². The van der Waals surface area contributed by atoms with Gasteiger partial charge >= 0.3 is 0 Å². The van der Waals surface area contributed by atoms with E-state index in [1.807, 2.05) is 55.5 Å². The summed E-state index contributed by atoms with van der Waals surface area (Å²) in [5.41, 5.74) is 1.68. The maximum Gasteiger partial charge on any atom is 0.291 e. The molecule has 0 bridgehead atoms. The van der Waals surface area contributed by atoms with Crippen LogP contribution in [0.2, 0.25) is 0 Å². The second kappa shape index (κ2) is 11.5. The molecule has 1 atom stereocenters. The van der Waals surface area contributed by atoms with E-state index in [9.17, 15) is 4.79 Å². The number of aliphatic imine (C=N–C) groups is 1. The van der Waals surface area contributed by atoms with E-state index in [2.05, 4.69) is 20.9 Å². The molecule has 0 aliphatic rings. The molecule has 0 radical (unpaired) electrons. The van der Waals surface area contributed by atoms with Crippen molar-refractivity contribution in [2.24, 2.45) is 4.99 Å². The Morgan fingerprint density at radius 2 is 1.88 bits per heavy atom. The first-order valence-corrected chi connectivity index (χ1v) is 10.3. The van der Waals surface area contributed by atoms with Gasteiger partial charge in [-0.05, 0) is 48.9 Å². The van der Waals surface area contributed by atoms with Gasteiger partial charge in [0.15, 0.2) is 23.2 Å². The molecule has 0 aliphatic carbocycles. The molecule has 8 nitrogen and oxygen atoms in total. The molecular weight excluding hydrogens is 408 g/mol. The highest BCUT2D eigenvalue weighted by Crippen LogP contribution is 2.26. The molecule has 8 heteroatoms. The average molecular weight is 437 g/mol. The maximum absolute atomic E-state index is 12.1. The third-order valence-corrected chi connectivity index (χ3v) is 4.57. The number of para-hydroxylation sites is 2. The Morgan fingerprint density at radius 1 is 1.06 bits per heavy atom. The van der Waals surface area contributed by atoms with Crippen molar-refractivity contribution in [1.29, 1.82) is 0 Å². The zero-order valence-corrected chi connectivity index (χ0v) is 18.4. The summed E-state index contributed by atoms with van der Waals surface area (Å²) >= 11 is 0. The van der Waals surface area contributed by atoms with Gasteiger partial charge in [-0.2, -0.15) is 0 Å². The maximum atomic E-state index is 12.1. The van der Waals surface area contributed by atoms with Crippen molar-refractivity contribution in [3.05, 3.63) is 78.3 Å². The third-order valence-electron chi connectivity index (χ3n) is 4.57. The third kappa shape index (κ3) is 6.53. The van der Waals surface area contributed by atoms with Crippen LogP contribution in [-0.4, -0.2) is 38.7 Å². The number of carbonyl (C=O) groups is 1. The summed E-state index contributed by atoms with van der Waals surface area (Å²) in [6.07, 6.45) is 1.36. The Labute approximate surface area is 187 Å². The fraction of sp³-hybridized carbons (Fsp3) is 0.250. The van der Waals surface area contributed by atoms with E-state index in [1.165, 1.54) is 6.26 Å². The van der Waals surface area contributed by atoms with Gasteiger partial charge in [0.1, 0.15) is 6.10 Å². The molecule has 1 amide bonds. The number of guanidine groups is 1. The van der Waals surface area contributed by atoms with E-state index in [-0.39, 0.29) is 17.8 Å². The van der Waals surface area contributed by atoms with Gasteiger partial charge in [0.2, 0.25) is 0 Å². The number of amides is 1. The largest absolute Gasteiger partial charge is 0.493 e. The first kappa shape index (κ1) is 22.7. The molecular formula is C24H28N4O4. The summed E-state index contributed by atoms with van der Waals surface area (Å²) in [5.74, 6) is 2.01. The Morgan fingerprint density at radius 3 is 2.59 bits per heavy atom. The van der Waals surface area contributed by atoms with Crippen LogP contribution in [0.5, 0.6) is 11.5 Å². The SMILES string of the molecule is CN=C(NCc1cccc(NC(=O)c2ccco2)c1)NCC(C)Oc1ccccc1OC. The van der Waals surface area contributed by atoms with E-state index in [0.717, 1.165) is 5.56 Å². The lowest BCUT2D eigenvalue weighted by Gasteiger charge is -2.19. The Bertz CT molecular complexity index is 1030. The van der Waals surface area contributed by atoms with E-state index >= 15 is 0 Å². The van der Waals surface area contributed by atoms with Crippen molar-refractivity contribution in [3.63, 3.8) is 0 Å². The molecule has 3 N–H and O–H groups in total. The van der Waals surface area contributed by atoms with E-state index in [1.54, 1.807) is 26.3 Å². The monoisotopic (exact) mass is 436 g/mol. The number of benzene rings is 2. The first-order chi connectivity index (χ1) is 15.6. The second-order valence-electron chi connectivity index (χ2n) is 7.02. The Kier molecular flexibility index (Phi) is 8.14. The lowest BCUT2D eigenvalue weighted by Crippen LogP contribution is -2.41. The molecule has 0 spiro atoms. The zero-order valence-electron chi connectivity index (χ0n) is 18.4. The smallest absolute Gasteiger partial charge is 0.291 e. The fourth-order valence-corrected chi connectivity index (χ4v) is 2.98. The highest BCUT2D eigenvalue weighted by molar-refractivity contribution is 6.02. The van der Waals surface area contributed by atoms with Crippen molar-refractivity contribution in [3.8, 4) is 11.5 Å². The summed E-state index contributed by atoms with van der Waals surface area (Å²) in [7, 11) is 3.33. The summed E-state index contributed by atoms with van der Waals surface area (Å²) in [5, 5.41) is 9.34. The number of hydrogen-bond acceptors (Lipinski definition) is 5. The molecule has 1 heterocycles. The van der Waals surface area contributed by atoms with E-state index in [4.69, 9.17) is 13.9 Å². The molecule has 32 heavy (non-hydrogen) atoms. The summed E-state index contributed by atoms with van der Waals surface area (Å²) in [4.78, 5) is 16.4. The van der Waals surface area contributed by atoms with Crippen LogP contribution in [0.15, 0.2) is 76.3 Å². The van der Waals surface area contributed by atoms with Gasteiger partial charge in [0, 0.05) is 19.3 Å². The minimum atomic E-state index is -0.290. The molecule has 3 rings (SSSR count). The van der Waals surface area contributed by atoms with Gasteiger partial charge in [0.05, 0.1) is 19.9 Å². The summed E-state index contributed by atoms with van der Waals surface area (Å²) < 4.78 is 16.4.